The predicted octanol–water partition coefficient (Wildman–Crippen LogP) is 1.74. The van der Waals surface area contributed by atoms with E-state index in [-0.39, 0.29) is 18.4 Å². The summed E-state index contributed by atoms with van der Waals surface area (Å²) in [7, 11) is 1.33. The smallest absolute Gasteiger partial charge is 0.407 e. The number of methoxy groups -OCH3 is 1. The maximum absolute atomic E-state index is 11.3. The third-order valence-corrected chi connectivity index (χ3v) is 2.68. The average Bonchev–Trinajstić information content (AvgIpc) is 2.15. The molecule has 6 heteroatoms. The van der Waals surface area contributed by atoms with Gasteiger partial charge in [0.15, 0.2) is 0 Å². The number of nitrogens with one attached hydrogen (secondary N) is 1. The van der Waals surface area contributed by atoms with E-state index >= 15 is 0 Å². The second kappa shape index (κ2) is 6.93. The van der Waals surface area contributed by atoms with Gasteiger partial charge in [-0.2, -0.15) is 0 Å². The van der Waals surface area contributed by atoms with Gasteiger partial charge in [0.1, 0.15) is 5.60 Å². The van der Waals surface area contributed by atoms with Crippen molar-refractivity contribution in [2.45, 2.75) is 26.4 Å². The van der Waals surface area contributed by atoms with Crippen LogP contribution in [0, 0.1) is 5.92 Å². The highest BCUT2D eigenvalue weighted by Crippen LogP contribution is 2.07. The number of rotatable bonds is 4. The Bertz CT molecular complexity index is 250. The summed E-state index contributed by atoms with van der Waals surface area (Å²) in [6.07, 6.45) is -0.522. The highest BCUT2D eigenvalue weighted by Gasteiger charge is 2.21. The summed E-state index contributed by atoms with van der Waals surface area (Å²) in [5.74, 6) is -0.663. The lowest BCUT2D eigenvalue weighted by atomic mass is 10.2. The van der Waals surface area contributed by atoms with Crippen LogP contribution in [-0.2, 0) is 14.3 Å². The molecule has 0 saturated carbocycles. The first kappa shape index (κ1) is 15.5. The number of hydrogen-bond donors (Lipinski definition) is 1. The molecule has 1 unspecified atom stereocenters. The Morgan fingerprint density at radius 2 is 1.94 bits per heavy atom. The topological polar surface area (TPSA) is 64.6 Å². The van der Waals surface area contributed by atoms with E-state index < -0.39 is 11.7 Å². The van der Waals surface area contributed by atoms with Crippen molar-refractivity contribution in [3.05, 3.63) is 0 Å². The van der Waals surface area contributed by atoms with Gasteiger partial charge in [-0.25, -0.2) is 4.79 Å². The van der Waals surface area contributed by atoms with E-state index in [0.29, 0.717) is 4.43 Å². The third kappa shape index (κ3) is 6.86. The molecule has 0 radical (unpaired) electrons. The molecule has 94 valence electrons. The van der Waals surface area contributed by atoms with Crippen LogP contribution in [0.2, 0.25) is 0 Å². The van der Waals surface area contributed by atoms with E-state index in [1.54, 1.807) is 20.8 Å². The molecule has 0 aromatic heterocycles. The number of hydrogen-bond acceptors (Lipinski definition) is 4. The number of alkyl halides is 1. The first-order valence-electron chi connectivity index (χ1n) is 4.90. The van der Waals surface area contributed by atoms with E-state index in [0.717, 1.165) is 0 Å². The number of carbonyl (C=O) groups excluding carboxylic acids is 2. The van der Waals surface area contributed by atoms with Crippen LogP contribution < -0.4 is 5.32 Å². The zero-order valence-electron chi connectivity index (χ0n) is 10.0. The van der Waals surface area contributed by atoms with Gasteiger partial charge in [-0.3, -0.25) is 4.79 Å². The van der Waals surface area contributed by atoms with Crippen LogP contribution in [0.4, 0.5) is 4.79 Å². The minimum atomic E-state index is -0.533. The number of alkyl carbamates (subject to hydrolysis) is 1. The van der Waals surface area contributed by atoms with Gasteiger partial charge in [0.2, 0.25) is 0 Å². The number of ether oxygens (including phenoxy) is 2. The van der Waals surface area contributed by atoms with Crippen molar-refractivity contribution in [2.24, 2.45) is 5.92 Å². The van der Waals surface area contributed by atoms with Crippen molar-refractivity contribution < 1.29 is 19.1 Å². The molecule has 1 amide bonds. The van der Waals surface area contributed by atoms with E-state index in [4.69, 9.17) is 4.74 Å². The van der Waals surface area contributed by atoms with Gasteiger partial charge in [-0.05, 0) is 20.8 Å². The Hall–Kier alpha value is -0.530. The van der Waals surface area contributed by atoms with E-state index in [2.05, 4.69) is 32.6 Å². The molecule has 5 nitrogen and oxygen atoms in total. The lowest BCUT2D eigenvalue weighted by Gasteiger charge is -2.20. The highest BCUT2D eigenvalue weighted by molar-refractivity contribution is 14.1. The summed E-state index contributed by atoms with van der Waals surface area (Å²) in [6.45, 7) is 5.57. The minimum absolute atomic E-state index is 0.227. The average molecular weight is 343 g/mol. The zero-order valence-corrected chi connectivity index (χ0v) is 12.2. The SMILES string of the molecule is COC(=O)C(CI)CNC(=O)OC(C)(C)C. The Balaban J connectivity index is 4.03. The van der Waals surface area contributed by atoms with Crippen LogP contribution in [0.15, 0.2) is 0 Å². The summed E-state index contributed by atoms with van der Waals surface area (Å²) in [6, 6.07) is 0. The van der Waals surface area contributed by atoms with Gasteiger partial charge in [-0.1, -0.05) is 22.6 Å². The molecule has 0 spiro atoms. The Labute approximate surface area is 109 Å². The maximum Gasteiger partial charge on any atom is 0.407 e. The molecular weight excluding hydrogens is 325 g/mol. The molecule has 0 aliphatic heterocycles. The van der Waals surface area contributed by atoms with Crippen molar-refractivity contribution in [1.82, 2.24) is 5.32 Å². The predicted molar refractivity (Wildman–Crippen MR) is 68.6 cm³/mol. The van der Waals surface area contributed by atoms with Crippen molar-refractivity contribution >= 4 is 34.7 Å². The molecular formula is C10H18INO4. The Kier molecular flexibility index (Phi) is 6.70. The number of carbonyl (C=O) groups is 2. The number of halogens is 1. The third-order valence-electron chi connectivity index (χ3n) is 1.61. The zero-order chi connectivity index (χ0) is 12.8. The maximum atomic E-state index is 11.3. The van der Waals surface area contributed by atoms with E-state index in [1.165, 1.54) is 7.11 Å². The fourth-order valence-electron chi connectivity index (χ4n) is 0.888. The fourth-order valence-corrected chi connectivity index (χ4v) is 1.56. The van der Waals surface area contributed by atoms with Gasteiger partial charge in [0.25, 0.3) is 0 Å². The molecule has 0 fully saturated rings. The molecule has 16 heavy (non-hydrogen) atoms. The van der Waals surface area contributed by atoms with Crippen molar-refractivity contribution in [3.63, 3.8) is 0 Å². The molecule has 0 rings (SSSR count). The molecule has 0 aromatic carbocycles. The minimum Gasteiger partial charge on any atom is -0.469 e. The quantitative estimate of drug-likeness (QED) is 0.480. The largest absolute Gasteiger partial charge is 0.469 e. The molecule has 1 N–H and O–H groups in total. The second-order valence-electron chi connectivity index (χ2n) is 4.26. The molecule has 0 heterocycles. The van der Waals surface area contributed by atoms with Crippen LogP contribution in [0.1, 0.15) is 20.8 Å². The normalized spacial score (nSPS) is 12.8. The van der Waals surface area contributed by atoms with Crippen molar-refractivity contribution in [3.8, 4) is 0 Å². The van der Waals surface area contributed by atoms with Gasteiger partial charge in [0.05, 0.1) is 13.0 Å². The lowest BCUT2D eigenvalue weighted by Crippen LogP contribution is -2.38. The van der Waals surface area contributed by atoms with Crippen LogP contribution in [0.5, 0.6) is 0 Å². The van der Waals surface area contributed by atoms with Gasteiger partial charge < -0.3 is 14.8 Å². The summed E-state index contributed by atoms with van der Waals surface area (Å²) in [5, 5.41) is 2.54. The standard InChI is InChI=1S/C10H18INO4/c1-10(2,3)16-9(14)12-6-7(5-11)8(13)15-4/h7H,5-6H2,1-4H3,(H,12,14). The summed E-state index contributed by atoms with van der Waals surface area (Å²) < 4.78 is 10.2. The van der Waals surface area contributed by atoms with Crippen LogP contribution >= 0.6 is 22.6 Å². The number of esters is 1. The Morgan fingerprint density at radius 3 is 2.31 bits per heavy atom. The molecule has 0 aromatic rings. The van der Waals surface area contributed by atoms with Crippen LogP contribution in [0.25, 0.3) is 0 Å². The van der Waals surface area contributed by atoms with Gasteiger partial charge in [-0.15, -0.1) is 0 Å². The monoisotopic (exact) mass is 343 g/mol. The summed E-state index contributed by atoms with van der Waals surface area (Å²) >= 11 is 2.07. The first-order chi connectivity index (χ1) is 7.30. The van der Waals surface area contributed by atoms with E-state index in [1.807, 2.05) is 0 Å². The van der Waals surface area contributed by atoms with Crippen molar-refractivity contribution in [2.75, 3.05) is 18.1 Å². The summed E-state index contributed by atoms with van der Waals surface area (Å²) in [5.41, 5.74) is -0.533. The van der Waals surface area contributed by atoms with Crippen LogP contribution in [0.3, 0.4) is 0 Å². The Morgan fingerprint density at radius 1 is 1.38 bits per heavy atom. The fraction of sp³-hybridized carbons (Fsp3) is 0.800. The molecule has 0 bridgehead atoms. The van der Waals surface area contributed by atoms with Gasteiger partial charge >= 0.3 is 12.1 Å². The van der Waals surface area contributed by atoms with Crippen LogP contribution in [-0.4, -0.2) is 35.7 Å². The van der Waals surface area contributed by atoms with Gasteiger partial charge in [0, 0.05) is 11.0 Å². The first-order valence-corrected chi connectivity index (χ1v) is 6.43. The number of amides is 1. The summed E-state index contributed by atoms with van der Waals surface area (Å²) in [4.78, 5) is 22.5. The second-order valence-corrected chi connectivity index (χ2v) is 5.14. The lowest BCUT2D eigenvalue weighted by molar-refractivity contribution is -0.144. The molecule has 1 atom stereocenters. The van der Waals surface area contributed by atoms with E-state index in [9.17, 15) is 9.59 Å². The molecule has 0 aliphatic carbocycles. The van der Waals surface area contributed by atoms with Crippen molar-refractivity contribution in [1.29, 1.82) is 0 Å². The molecule has 0 aliphatic rings. The highest BCUT2D eigenvalue weighted by atomic mass is 127. The molecule has 0 saturated heterocycles.